The Morgan fingerprint density at radius 3 is 2.57 bits per heavy atom. The molecule has 2 rings (SSSR count). The highest BCUT2D eigenvalue weighted by atomic mass is 127. The Hall–Kier alpha value is -1.89. The molecule has 2 amide bonds. The van der Waals surface area contributed by atoms with Gasteiger partial charge < -0.3 is 10.6 Å². The van der Waals surface area contributed by atoms with E-state index in [1.54, 1.807) is 18.2 Å². The van der Waals surface area contributed by atoms with Gasteiger partial charge in [-0.15, -0.1) is 0 Å². The third-order valence-corrected chi connectivity index (χ3v) is 3.47. The average Bonchev–Trinajstić information content (AvgIpc) is 2.44. The first-order chi connectivity index (χ1) is 10.0. The number of benzene rings is 2. The normalized spacial score (nSPS) is 10.6. The summed E-state index contributed by atoms with van der Waals surface area (Å²) in [6.07, 6.45) is 3.21. The fourth-order valence-corrected chi connectivity index (χ4v) is 2.36. The van der Waals surface area contributed by atoms with E-state index in [1.165, 1.54) is 18.3 Å². The summed E-state index contributed by atoms with van der Waals surface area (Å²) in [5.41, 5.74) is 2.57. The Kier molecular flexibility index (Phi) is 5.32. The van der Waals surface area contributed by atoms with E-state index in [9.17, 15) is 9.18 Å². The first-order valence-electron chi connectivity index (χ1n) is 6.30. The van der Waals surface area contributed by atoms with Gasteiger partial charge >= 0.3 is 6.03 Å². The van der Waals surface area contributed by atoms with Crippen molar-refractivity contribution in [1.82, 2.24) is 5.32 Å². The summed E-state index contributed by atoms with van der Waals surface area (Å²) in [6.45, 7) is 1.94. The number of hydrogen-bond donors (Lipinski definition) is 2. The first kappa shape index (κ1) is 15.5. The van der Waals surface area contributed by atoms with Crippen LogP contribution in [-0.2, 0) is 0 Å². The van der Waals surface area contributed by atoms with Crippen LogP contribution in [0.4, 0.5) is 14.9 Å². The van der Waals surface area contributed by atoms with Crippen molar-refractivity contribution >= 4 is 40.4 Å². The van der Waals surface area contributed by atoms with Gasteiger partial charge in [-0.1, -0.05) is 12.1 Å². The molecule has 2 aromatic carbocycles. The minimum Gasteiger partial charge on any atom is -0.314 e. The molecule has 0 unspecified atom stereocenters. The van der Waals surface area contributed by atoms with Crippen LogP contribution in [0.2, 0.25) is 0 Å². The third-order valence-electron chi connectivity index (χ3n) is 2.80. The van der Waals surface area contributed by atoms with Gasteiger partial charge in [0.15, 0.2) is 0 Å². The van der Waals surface area contributed by atoms with Crippen molar-refractivity contribution in [1.29, 1.82) is 0 Å². The summed E-state index contributed by atoms with van der Waals surface area (Å²) in [7, 11) is 0. The number of urea groups is 1. The zero-order valence-electron chi connectivity index (χ0n) is 11.4. The SMILES string of the molecule is Cc1cc(I)ccc1NC(=O)N/C=C/c1ccc(F)cc1. The van der Waals surface area contributed by atoms with Crippen LogP contribution in [0, 0.1) is 16.3 Å². The van der Waals surface area contributed by atoms with E-state index >= 15 is 0 Å². The Bertz CT molecular complexity index is 668. The second kappa shape index (κ2) is 7.21. The van der Waals surface area contributed by atoms with E-state index in [2.05, 4.69) is 33.2 Å². The maximum absolute atomic E-state index is 12.7. The number of anilines is 1. The first-order valence-corrected chi connectivity index (χ1v) is 7.38. The molecule has 2 N–H and O–H groups in total. The topological polar surface area (TPSA) is 41.1 Å². The number of rotatable bonds is 3. The molecule has 21 heavy (non-hydrogen) atoms. The van der Waals surface area contributed by atoms with E-state index in [-0.39, 0.29) is 11.8 Å². The second-order valence-corrected chi connectivity index (χ2v) is 5.69. The molecule has 0 heterocycles. The Morgan fingerprint density at radius 2 is 1.90 bits per heavy atom. The van der Waals surface area contributed by atoms with Gasteiger partial charge in [-0.2, -0.15) is 0 Å². The van der Waals surface area contributed by atoms with Crippen LogP contribution < -0.4 is 10.6 Å². The van der Waals surface area contributed by atoms with Gasteiger partial charge in [0.1, 0.15) is 5.82 Å². The molecule has 0 fully saturated rings. The van der Waals surface area contributed by atoms with Crippen molar-refractivity contribution < 1.29 is 9.18 Å². The number of carbonyl (C=O) groups is 1. The van der Waals surface area contributed by atoms with Crippen molar-refractivity contribution in [3.05, 3.63) is 69.2 Å². The lowest BCUT2D eigenvalue weighted by atomic mass is 10.2. The van der Waals surface area contributed by atoms with Crippen LogP contribution in [0.25, 0.3) is 6.08 Å². The van der Waals surface area contributed by atoms with Gasteiger partial charge in [-0.05, 0) is 77.0 Å². The molecule has 0 spiro atoms. The molecule has 0 aliphatic carbocycles. The van der Waals surface area contributed by atoms with Crippen molar-refractivity contribution in [3.63, 3.8) is 0 Å². The van der Waals surface area contributed by atoms with Crippen LogP contribution in [0.1, 0.15) is 11.1 Å². The minimum absolute atomic E-state index is 0.285. The fraction of sp³-hybridized carbons (Fsp3) is 0.0625. The molecule has 0 radical (unpaired) electrons. The highest BCUT2D eigenvalue weighted by molar-refractivity contribution is 14.1. The molecule has 0 aromatic heterocycles. The lowest BCUT2D eigenvalue weighted by Gasteiger charge is -2.08. The summed E-state index contributed by atoms with van der Waals surface area (Å²) < 4.78 is 13.9. The molecule has 5 heteroatoms. The van der Waals surface area contributed by atoms with Gasteiger partial charge in [0.2, 0.25) is 0 Å². The molecule has 0 bridgehead atoms. The van der Waals surface area contributed by atoms with Crippen LogP contribution in [0.5, 0.6) is 0 Å². The standard InChI is InChI=1S/C16H14FIN2O/c1-11-10-14(18)6-7-15(11)20-16(21)19-9-8-12-2-4-13(17)5-3-12/h2-10H,1H3,(H2,19,20,21)/b9-8+. The molecule has 0 atom stereocenters. The van der Waals surface area contributed by atoms with E-state index in [0.717, 1.165) is 20.4 Å². The molecule has 0 saturated heterocycles. The Labute approximate surface area is 136 Å². The smallest absolute Gasteiger partial charge is 0.314 e. The quantitative estimate of drug-likeness (QED) is 0.736. The van der Waals surface area contributed by atoms with E-state index in [4.69, 9.17) is 0 Å². The second-order valence-electron chi connectivity index (χ2n) is 4.44. The predicted octanol–water partition coefficient (Wildman–Crippen LogP) is 4.53. The zero-order chi connectivity index (χ0) is 15.2. The van der Waals surface area contributed by atoms with Gasteiger partial charge in [0.25, 0.3) is 0 Å². The number of halogens is 2. The van der Waals surface area contributed by atoms with Gasteiger partial charge in [-0.25, -0.2) is 9.18 Å². The fourth-order valence-electron chi connectivity index (χ4n) is 1.71. The van der Waals surface area contributed by atoms with Crippen molar-refractivity contribution in [2.24, 2.45) is 0 Å². The predicted molar refractivity (Wildman–Crippen MR) is 91.5 cm³/mol. The Morgan fingerprint density at radius 1 is 1.19 bits per heavy atom. The van der Waals surface area contributed by atoms with Crippen LogP contribution >= 0.6 is 22.6 Å². The largest absolute Gasteiger partial charge is 0.323 e. The summed E-state index contributed by atoms with van der Waals surface area (Å²) in [5.74, 6) is -0.285. The van der Waals surface area contributed by atoms with E-state index in [0.29, 0.717) is 0 Å². The Balaban J connectivity index is 1.91. The lowest BCUT2D eigenvalue weighted by Crippen LogP contribution is -2.24. The number of nitrogens with one attached hydrogen (secondary N) is 2. The van der Waals surface area contributed by atoms with Crippen LogP contribution in [0.15, 0.2) is 48.7 Å². The molecule has 0 aliphatic rings. The van der Waals surface area contributed by atoms with Crippen molar-refractivity contribution in [3.8, 4) is 0 Å². The van der Waals surface area contributed by atoms with E-state index < -0.39 is 0 Å². The monoisotopic (exact) mass is 396 g/mol. The maximum Gasteiger partial charge on any atom is 0.323 e. The minimum atomic E-state index is -0.322. The number of amides is 2. The van der Waals surface area contributed by atoms with Gasteiger partial charge in [-0.3, -0.25) is 0 Å². The van der Waals surface area contributed by atoms with Gasteiger partial charge in [0.05, 0.1) is 0 Å². The van der Waals surface area contributed by atoms with Gasteiger partial charge in [0, 0.05) is 15.5 Å². The number of aryl methyl sites for hydroxylation is 1. The average molecular weight is 396 g/mol. The highest BCUT2D eigenvalue weighted by Crippen LogP contribution is 2.17. The molecular weight excluding hydrogens is 382 g/mol. The summed E-state index contributed by atoms with van der Waals surface area (Å²) in [4.78, 5) is 11.8. The van der Waals surface area contributed by atoms with Crippen LogP contribution in [-0.4, -0.2) is 6.03 Å². The van der Waals surface area contributed by atoms with Crippen molar-refractivity contribution in [2.75, 3.05) is 5.32 Å². The summed E-state index contributed by atoms with van der Waals surface area (Å²) in [5, 5.41) is 5.38. The van der Waals surface area contributed by atoms with E-state index in [1.807, 2.05) is 25.1 Å². The highest BCUT2D eigenvalue weighted by Gasteiger charge is 2.02. The molecule has 0 saturated carbocycles. The van der Waals surface area contributed by atoms with Crippen molar-refractivity contribution in [2.45, 2.75) is 6.92 Å². The number of hydrogen-bond acceptors (Lipinski definition) is 1. The zero-order valence-corrected chi connectivity index (χ0v) is 13.5. The molecule has 108 valence electrons. The summed E-state index contributed by atoms with van der Waals surface area (Å²) in [6, 6.07) is 11.5. The third kappa shape index (κ3) is 4.86. The molecule has 3 nitrogen and oxygen atoms in total. The molecular formula is C16H14FIN2O. The molecule has 2 aromatic rings. The van der Waals surface area contributed by atoms with Crippen LogP contribution in [0.3, 0.4) is 0 Å². The maximum atomic E-state index is 12.7. The summed E-state index contributed by atoms with van der Waals surface area (Å²) >= 11 is 2.22. The number of carbonyl (C=O) groups excluding carboxylic acids is 1. The molecule has 0 aliphatic heterocycles. The lowest BCUT2D eigenvalue weighted by molar-refractivity contribution is 0.255.